The first-order valence-electron chi connectivity index (χ1n) is 11.5. The largest absolute Gasteiger partial charge is 0.310 e. The molecule has 2 heterocycles. The molecule has 1 aliphatic rings. The third kappa shape index (κ3) is 5.50. The zero-order valence-electron chi connectivity index (χ0n) is 20.1. The first-order chi connectivity index (χ1) is 16.2. The SMILES string of the molecule is CCC(=O)N(c1nnc(S[C@@H](C)C(=O)Nc2cc(C(C)(C)C)nn2-c2ccccc2)s1)C1CC1. The maximum Gasteiger partial charge on any atom is 0.238 e. The van der Waals surface area contributed by atoms with E-state index >= 15 is 0 Å². The number of para-hydroxylation sites is 1. The number of amides is 2. The van der Waals surface area contributed by atoms with E-state index in [0.29, 0.717) is 21.7 Å². The Morgan fingerprint density at radius 2 is 1.94 bits per heavy atom. The molecule has 0 saturated heterocycles. The average Bonchev–Trinajstić information content (AvgIpc) is 3.36. The van der Waals surface area contributed by atoms with Crippen molar-refractivity contribution in [1.29, 1.82) is 0 Å². The maximum absolute atomic E-state index is 13.1. The van der Waals surface area contributed by atoms with Crippen LogP contribution in [0.15, 0.2) is 40.7 Å². The number of nitrogens with one attached hydrogen (secondary N) is 1. The number of carbonyl (C=O) groups is 2. The van der Waals surface area contributed by atoms with Crippen LogP contribution in [-0.4, -0.2) is 43.1 Å². The summed E-state index contributed by atoms with van der Waals surface area (Å²) < 4.78 is 2.43. The molecule has 0 bridgehead atoms. The van der Waals surface area contributed by atoms with Crippen LogP contribution in [0.25, 0.3) is 5.69 Å². The Balaban J connectivity index is 1.49. The minimum atomic E-state index is -0.408. The molecule has 1 fully saturated rings. The van der Waals surface area contributed by atoms with E-state index in [2.05, 4.69) is 36.3 Å². The molecule has 0 spiro atoms. The molecule has 0 unspecified atom stereocenters. The molecule has 0 radical (unpaired) electrons. The van der Waals surface area contributed by atoms with Gasteiger partial charge < -0.3 is 5.32 Å². The number of hydrogen-bond donors (Lipinski definition) is 1. The van der Waals surface area contributed by atoms with E-state index in [0.717, 1.165) is 24.2 Å². The number of thioether (sulfide) groups is 1. The Bertz CT molecular complexity index is 1160. The fourth-order valence-electron chi connectivity index (χ4n) is 3.35. The average molecular weight is 499 g/mol. The second-order valence-electron chi connectivity index (χ2n) is 9.36. The molecular weight excluding hydrogens is 468 g/mol. The van der Waals surface area contributed by atoms with Gasteiger partial charge in [-0.25, -0.2) is 4.68 Å². The normalized spacial score (nSPS) is 14.6. The van der Waals surface area contributed by atoms with Gasteiger partial charge in [0.1, 0.15) is 5.82 Å². The van der Waals surface area contributed by atoms with Crippen molar-refractivity contribution in [2.45, 2.75) is 74.9 Å². The fourth-order valence-corrected chi connectivity index (χ4v) is 5.43. The van der Waals surface area contributed by atoms with Gasteiger partial charge >= 0.3 is 0 Å². The lowest BCUT2D eigenvalue weighted by Crippen LogP contribution is -2.32. The summed E-state index contributed by atoms with van der Waals surface area (Å²) in [4.78, 5) is 27.2. The van der Waals surface area contributed by atoms with E-state index < -0.39 is 5.25 Å². The smallest absolute Gasteiger partial charge is 0.238 e. The van der Waals surface area contributed by atoms with Crippen molar-refractivity contribution in [3.8, 4) is 5.69 Å². The monoisotopic (exact) mass is 498 g/mol. The van der Waals surface area contributed by atoms with E-state index in [1.807, 2.05) is 50.2 Å². The van der Waals surface area contributed by atoms with Crippen LogP contribution in [0.2, 0.25) is 0 Å². The molecule has 4 rings (SSSR count). The molecule has 1 atom stereocenters. The van der Waals surface area contributed by atoms with E-state index in [1.54, 1.807) is 9.58 Å². The number of aromatic nitrogens is 4. The second-order valence-corrected chi connectivity index (χ2v) is 11.9. The van der Waals surface area contributed by atoms with Crippen LogP contribution in [0, 0.1) is 0 Å². The van der Waals surface area contributed by atoms with Gasteiger partial charge in [-0.2, -0.15) is 5.10 Å². The van der Waals surface area contributed by atoms with E-state index in [9.17, 15) is 9.59 Å². The van der Waals surface area contributed by atoms with Crippen LogP contribution in [-0.2, 0) is 15.0 Å². The van der Waals surface area contributed by atoms with E-state index in [4.69, 9.17) is 5.10 Å². The summed E-state index contributed by atoms with van der Waals surface area (Å²) in [5, 5.41) is 16.5. The second kappa shape index (κ2) is 9.87. The summed E-state index contributed by atoms with van der Waals surface area (Å²) in [6, 6.07) is 11.9. The lowest BCUT2D eigenvalue weighted by molar-refractivity contribution is -0.118. The number of nitrogens with zero attached hydrogens (tertiary/aromatic N) is 5. The molecule has 1 N–H and O–H groups in total. The standard InChI is InChI=1S/C24H30N6O2S2/c1-6-20(31)29(16-12-13-16)22-26-27-23(34-22)33-15(2)21(32)25-19-14-18(24(3,4)5)28-30(19)17-10-8-7-9-11-17/h7-11,14-16H,6,12-13H2,1-5H3,(H,25,32)/t15-/m0/s1. The third-order valence-electron chi connectivity index (χ3n) is 5.46. The highest BCUT2D eigenvalue weighted by atomic mass is 32.2. The summed E-state index contributed by atoms with van der Waals surface area (Å²) in [6.07, 6.45) is 2.43. The molecule has 1 saturated carbocycles. The molecule has 1 aromatic carbocycles. The van der Waals surface area contributed by atoms with Gasteiger partial charge in [-0.3, -0.25) is 14.5 Å². The van der Waals surface area contributed by atoms with Gasteiger partial charge in [0.25, 0.3) is 0 Å². The Labute approximate surface area is 208 Å². The molecule has 2 aromatic heterocycles. The van der Waals surface area contributed by atoms with Crippen LogP contribution in [0.4, 0.5) is 10.9 Å². The summed E-state index contributed by atoms with van der Waals surface area (Å²) in [5.74, 6) is 0.535. The summed E-state index contributed by atoms with van der Waals surface area (Å²) >= 11 is 2.70. The van der Waals surface area contributed by atoms with Crippen molar-refractivity contribution >= 4 is 45.9 Å². The van der Waals surface area contributed by atoms with E-state index in [-0.39, 0.29) is 23.3 Å². The zero-order chi connectivity index (χ0) is 24.5. The number of hydrogen-bond acceptors (Lipinski definition) is 7. The maximum atomic E-state index is 13.1. The first kappa shape index (κ1) is 24.4. The molecule has 3 aromatic rings. The quantitative estimate of drug-likeness (QED) is 0.345. The predicted molar refractivity (Wildman–Crippen MR) is 137 cm³/mol. The van der Waals surface area contributed by atoms with Crippen LogP contribution in [0.5, 0.6) is 0 Å². The summed E-state index contributed by atoms with van der Waals surface area (Å²) in [6.45, 7) is 9.97. The van der Waals surface area contributed by atoms with Crippen LogP contribution in [0.3, 0.4) is 0 Å². The highest BCUT2D eigenvalue weighted by Gasteiger charge is 2.35. The minimum Gasteiger partial charge on any atom is -0.310 e. The molecule has 8 nitrogen and oxygen atoms in total. The highest BCUT2D eigenvalue weighted by molar-refractivity contribution is 8.02. The number of carbonyl (C=O) groups excluding carboxylic acids is 2. The molecule has 0 aliphatic heterocycles. The van der Waals surface area contributed by atoms with Gasteiger partial charge in [-0.05, 0) is 31.9 Å². The van der Waals surface area contributed by atoms with Crippen molar-refractivity contribution in [2.24, 2.45) is 0 Å². The molecule has 2 amide bonds. The fraction of sp³-hybridized carbons (Fsp3) is 0.458. The third-order valence-corrected chi connectivity index (χ3v) is 7.57. The van der Waals surface area contributed by atoms with Crippen LogP contribution < -0.4 is 10.2 Å². The van der Waals surface area contributed by atoms with E-state index in [1.165, 1.54) is 23.1 Å². The lowest BCUT2D eigenvalue weighted by atomic mass is 9.92. The number of benzene rings is 1. The minimum absolute atomic E-state index is 0.0600. The van der Waals surface area contributed by atoms with Crippen molar-refractivity contribution in [3.63, 3.8) is 0 Å². The Kier molecular flexibility index (Phi) is 7.09. The van der Waals surface area contributed by atoms with Gasteiger partial charge in [0.15, 0.2) is 4.34 Å². The first-order valence-corrected chi connectivity index (χ1v) is 13.2. The summed E-state index contributed by atoms with van der Waals surface area (Å²) in [7, 11) is 0. The lowest BCUT2D eigenvalue weighted by Gasteiger charge is -2.17. The summed E-state index contributed by atoms with van der Waals surface area (Å²) in [5.41, 5.74) is 1.61. The zero-order valence-corrected chi connectivity index (χ0v) is 21.7. The highest BCUT2D eigenvalue weighted by Crippen LogP contribution is 2.37. The van der Waals surface area contributed by atoms with Crippen molar-refractivity contribution < 1.29 is 9.59 Å². The van der Waals surface area contributed by atoms with Crippen molar-refractivity contribution in [3.05, 3.63) is 42.1 Å². The Morgan fingerprint density at radius 3 is 2.56 bits per heavy atom. The Morgan fingerprint density at radius 1 is 1.24 bits per heavy atom. The number of rotatable bonds is 8. The van der Waals surface area contributed by atoms with Crippen molar-refractivity contribution in [2.75, 3.05) is 10.2 Å². The van der Waals surface area contributed by atoms with Crippen molar-refractivity contribution in [1.82, 2.24) is 20.0 Å². The van der Waals surface area contributed by atoms with Crippen LogP contribution in [0.1, 0.15) is 59.6 Å². The predicted octanol–water partition coefficient (Wildman–Crippen LogP) is 5.05. The Hall–Kier alpha value is -2.72. The molecule has 1 aliphatic carbocycles. The molecule has 34 heavy (non-hydrogen) atoms. The van der Waals surface area contributed by atoms with Gasteiger partial charge in [-0.15, -0.1) is 10.2 Å². The molecular formula is C24H30N6O2S2. The number of anilines is 2. The molecule has 10 heteroatoms. The topological polar surface area (TPSA) is 93.0 Å². The van der Waals surface area contributed by atoms with Gasteiger partial charge in [0.2, 0.25) is 16.9 Å². The van der Waals surface area contributed by atoms with Gasteiger partial charge in [0.05, 0.1) is 16.6 Å². The van der Waals surface area contributed by atoms with Crippen LogP contribution >= 0.6 is 23.1 Å². The van der Waals surface area contributed by atoms with Gasteiger partial charge in [-0.1, -0.05) is 69.0 Å². The molecule has 180 valence electrons. The van der Waals surface area contributed by atoms with Gasteiger partial charge in [0, 0.05) is 23.9 Å².